The van der Waals surface area contributed by atoms with Crippen molar-refractivity contribution < 1.29 is 14.3 Å². The van der Waals surface area contributed by atoms with E-state index in [1.807, 2.05) is 34.7 Å². The fraction of sp³-hybridized carbons (Fsp3) is 0.619. The van der Waals surface area contributed by atoms with Crippen molar-refractivity contribution in [2.45, 2.75) is 32.2 Å². The lowest BCUT2D eigenvalue weighted by atomic mass is 9.81. The van der Waals surface area contributed by atoms with Gasteiger partial charge in [0.15, 0.2) is 0 Å². The summed E-state index contributed by atoms with van der Waals surface area (Å²) in [7, 11) is 3.45. The fourth-order valence-corrected chi connectivity index (χ4v) is 4.59. The van der Waals surface area contributed by atoms with E-state index in [0.29, 0.717) is 38.8 Å². The van der Waals surface area contributed by atoms with Crippen LogP contribution < -0.4 is 10.4 Å². The van der Waals surface area contributed by atoms with E-state index in [-0.39, 0.29) is 17.5 Å². The van der Waals surface area contributed by atoms with Crippen LogP contribution in [-0.2, 0) is 23.1 Å². The van der Waals surface area contributed by atoms with Crippen LogP contribution in [0, 0.1) is 11.8 Å². The zero-order chi connectivity index (χ0) is 19.7. The Bertz CT molecular complexity index is 902. The maximum atomic E-state index is 12.8. The molecule has 1 aromatic heterocycles. The number of rotatable bonds is 4. The van der Waals surface area contributed by atoms with Crippen LogP contribution in [0.25, 0.3) is 11.0 Å². The standard InChI is InChI=1S/C21H29N3O4/c1-22-18-8-7-17(27-2)13-19(18)24(21(22)26)14-15-3-5-16(6-4-15)20(25)23-9-11-28-12-10-23/h7-8,13,15-16H,3-6,9-12,14H2,1-2H3. The molecule has 152 valence electrons. The molecule has 0 atom stereocenters. The summed E-state index contributed by atoms with van der Waals surface area (Å²) in [5.41, 5.74) is 1.84. The highest BCUT2D eigenvalue weighted by atomic mass is 16.5. The number of aromatic nitrogens is 2. The third-order valence-corrected chi connectivity index (χ3v) is 6.31. The molecule has 0 bridgehead atoms. The molecule has 28 heavy (non-hydrogen) atoms. The highest BCUT2D eigenvalue weighted by Gasteiger charge is 2.30. The van der Waals surface area contributed by atoms with E-state index in [1.54, 1.807) is 11.7 Å². The third-order valence-electron chi connectivity index (χ3n) is 6.31. The number of carbonyl (C=O) groups is 1. The maximum absolute atomic E-state index is 12.8. The molecule has 0 unspecified atom stereocenters. The van der Waals surface area contributed by atoms with Gasteiger partial charge in [-0.1, -0.05) is 0 Å². The van der Waals surface area contributed by atoms with Gasteiger partial charge in [-0.2, -0.15) is 0 Å². The van der Waals surface area contributed by atoms with Crippen molar-refractivity contribution >= 4 is 16.9 Å². The van der Waals surface area contributed by atoms with Gasteiger partial charge >= 0.3 is 5.69 Å². The number of imidazole rings is 1. The monoisotopic (exact) mass is 387 g/mol. The Morgan fingerprint density at radius 2 is 1.86 bits per heavy atom. The van der Waals surface area contributed by atoms with Crippen molar-refractivity contribution in [3.63, 3.8) is 0 Å². The predicted octanol–water partition coefficient (Wildman–Crippen LogP) is 2.01. The van der Waals surface area contributed by atoms with Crippen LogP contribution in [-0.4, -0.2) is 53.4 Å². The molecule has 0 N–H and O–H groups in total. The first kappa shape index (κ1) is 19.1. The molecule has 0 spiro atoms. The number of aryl methyl sites for hydroxylation is 1. The number of ether oxygens (including phenoxy) is 2. The van der Waals surface area contributed by atoms with Gasteiger partial charge in [-0.3, -0.25) is 13.9 Å². The summed E-state index contributed by atoms with van der Waals surface area (Å²) in [5.74, 6) is 1.59. The first-order valence-corrected chi connectivity index (χ1v) is 10.2. The highest BCUT2D eigenvalue weighted by Crippen LogP contribution is 2.32. The largest absolute Gasteiger partial charge is 0.497 e. The summed E-state index contributed by atoms with van der Waals surface area (Å²) in [6, 6.07) is 5.75. The van der Waals surface area contributed by atoms with Crippen molar-refractivity contribution in [3.05, 3.63) is 28.7 Å². The topological polar surface area (TPSA) is 65.7 Å². The Morgan fingerprint density at radius 3 is 2.54 bits per heavy atom. The predicted molar refractivity (Wildman–Crippen MR) is 107 cm³/mol. The number of carbonyl (C=O) groups excluding carboxylic acids is 1. The lowest BCUT2D eigenvalue weighted by molar-refractivity contribution is -0.141. The molecule has 0 radical (unpaired) electrons. The van der Waals surface area contributed by atoms with Crippen LogP contribution in [0.15, 0.2) is 23.0 Å². The van der Waals surface area contributed by atoms with Gasteiger partial charge in [0.2, 0.25) is 5.91 Å². The molecule has 2 fully saturated rings. The highest BCUT2D eigenvalue weighted by molar-refractivity contribution is 5.79. The maximum Gasteiger partial charge on any atom is 0.328 e. The summed E-state index contributed by atoms with van der Waals surface area (Å²) in [4.78, 5) is 27.4. The van der Waals surface area contributed by atoms with E-state index in [9.17, 15) is 9.59 Å². The molecular weight excluding hydrogens is 358 g/mol. The molecule has 1 saturated carbocycles. The van der Waals surface area contributed by atoms with Gasteiger partial charge in [0.1, 0.15) is 5.75 Å². The summed E-state index contributed by atoms with van der Waals surface area (Å²) >= 11 is 0. The Balaban J connectivity index is 1.44. The zero-order valence-corrected chi connectivity index (χ0v) is 16.7. The Hall–Kier alpha value is -2.28. The molecule has 2 aromatic rings. The van der Waals surface area contributed by atoms with E-state index in [4.69, 9.17) is 9.47 Å². The van der Waals surface area contributed by atoms with E-state index >= 15 is 0 Å². The normalized spacial score (nSPS) is 23.1. The molecule has 2 heterocycles. The minimum absolute atomic E-state index is 0.00905. The van der Waals surface area contributed by atoms with Crippen LogP contribution in [0.2, 0.25) is 0 Å². The molecule has 4 rings (SSSR count). The third kappa shape index (κ3) is 3.55. The number of methoxy groups -OCH3 is 1. The second kappa shape index (κ2) is 7.99. The molecule has 2 aliphatic rings. The molecular formula is C21H29N3O4. The van der Waals surface area contributed by atoms with Gasteiger partial charge in [0.05, 0.1) is 31.4 Å². The van der Waals surface area contributed by atoms with E-state index < -0.39 is 0 Å². The van der Waals surface area contributed by atoms with Crippen LogP contribution in [0.1, 0.15) is 25.7 Å². The smallest absolute Gasteiger partial charge is 0.328 e. The number of hydrogen-bond donors (Lipinski definition) is 0. The van der Waals surface area contributed by atoms with Crippen molar-refractivity contribution in [3.8, 4) is 5.75 Å². The number of benzene rings is 1. The summed E-state index contributed by atoms with van der Waals surface area (Å²) < 4.78 is 14.3. The summed E-state index contributed by atoms with van der Waals surface area (Å²) in [5, 5.41) is 0. The van der Waals surface area contributed by atoms with Gasteiger partial charge in [-0.15, -0.1) is 0 Å². The lowest BCUT2D eigenvalue weighted by Crippen LogP contribution is -2.44. The number of morpholine rings is 1. The lowest BCUT2D eigenvalue weighted by Gasteiger charge is -2.34. The summed E-state index contributed by atoms with van der Waals surface area (Å²) in [6.07, 6.45) is 3.77. The van der Waals surface area contributed by atoms with Gasteiger partial charge in [0.25, 0.3) is 0 Å². The second-order valence-electron chi connectivity index (χ2n) is 7.96. The molecule has 1 saturated heterocycles. The first-order valence-electron chi connectivity index (χ1n) is 10.2. The summed E-state index contributed by atoms with van der Waals surface area (Å²) in [6.45, 7) is 3.42. The molecule has 7 heteroatoms. The van der Waals surface area contributed by atoms with Crippen LogP contribution in [0.3, 0.4) is 0 Å². The van der Waals surface area contributed by atoms with Crippen molar-refractivity contribution in [1.82, 2.24) is 14.0 Å². The van der Waals surface area contributed by atoms with Crippen molar-refractivity contribution in [2.75, 3.05) is 33.4 Å². The quantitative estimate of drug-likeness (QED) is 0.805. The van der Waals surface area contributed by atoms with Crippen molar-refractivity contribution in [2.24, 2.45) is 18.9 Å². The minimum Gasteiger partial charge on any atom is -0.497 e. The zero-order valence-electron chi connectivity index (χ0n) is 16.7. The van der Waals surface area contributed by atoms with Gasteiger partial charge in [-0.25, -0.2) is 4.79 Å². The van der Waals surface area contributed by atoms with Gasteiger partial charge in [-0.05, 0) is 43.7 Å². The molecule has 1 aromatic carbocycles. The molecule has 1 amide bonds. The average Bonchev–Trinajstić information content (AvgIpc) is 2.98. The second-order valence-corrected chi connectivity index (χ2v) is 7.96. The van der Waals surface area contributed by atoms with Crippen molar-refractivity contribution in [1.29, 1.82) is 0 Å². The minimum atomic E-state index is 0.00905. The fourth-order valence-electron chi connectivity index (χ4n) is 4.59. The van der Waals surface area contributed by atoms with Gasteiger partial charge < -0.3 is 14.4 Å². The number of hydrogen-bond acceptors (Lipinski definition) is 4. The van der Waals surface area contributed by atoms with E-state index in [0.717, 1.165) is 42.5 Å². The number of fused-ring (bicyclic) bond motifs is 1. The van der Waals surface area contributed by atoms with Crippen LogP contribution >= 0.6 is 0 Å². The van der Waals surface area contributed by atoms with Gasteiger partial charge in [0, 0.05) is 38.7 Å². The first-order chi connectivity index (χ1) is 13.6. The number of nitrogens with zero attached hydrogens (tertiary/aromatic N) is 3. The number of amides is 1. The van der Waals surface area contributed by atoms with E-state index in [1.165, 1.54) is 0 Å². The molecule has 7 nitrogen and oxygen atoms in total. The SMILES string of the molecule is COc1ccc2c(c1)n(CC1CCC(C(=O)N3CCOCC3)CC1)c(=O)n2C. The Kier molecular flexibility index (Phi) is 5.44. The van der Waals surface area contributed by atoms with E-state index in [2.05, 4.69) is 0 Å². The molecule has 1 aliphatic carbocycles. The Labute approximate surface area is 164 Å². The molecule has 1 aliphatic heterocycles. The average molecular weight is 387 g/mol. The van der Waals surface area contributed by atoms with Crippen LogP contribution in [0.4, 0.5) is 0 Å². The Morgan fingerprint density at radius 1 is 1.14 bits per heavy atom. The van der Waals surface area contributed by atoms with Crippen LogP contribution in [0.5, 0.6) is 5.75 Å².